The number of hydrogen-bond acceptors (Lipinski definition) is 3. The van der Waals surface area contributed by atoms with E-state index in [9.17, 15) is 9.90 Å². The van der Waals surface area contributed by atoms with Crippen molar-refractivity contribution in [1.29, 1.82) is 0 Å². The van der Waals surface area contributed by atoms with Crippen molar-refractivity contribution in [1.82, 2.24) is 10.2 Å². The molecule has 0 radical (unpaired) electrons. The molecule has 1 amide bonds. The van der Waals surface area contributed by atoms with Crippen molar-refractivity contribution in [3.8, 4) is 0 Å². The number of hydrogen-bond donors (Lipinski definition) is 2. The normalized spacial score (nSPS) is 29.5. The van der Waals surface area contributed by atoms with Gasteiger partial charge in [-0.2, -0.15) is 0 Å². The van der Waals surface area contributed by atoms with Gasteiger partial charge in [0, 0.05) is 26.2 Å². The Bertz CT molecular complexity index is 287. The number of nitrogens with one attached hydrogen (secondary N) is 1. The van der Waals surface area contributed by atoms with Gasteiger partial charge in [-0.3, -0.25) is 4.79 Å². The molecule has 1 unspecified atom stereocenters. The molecular weight excluding hydrogens is 240 g/mol. The Hall–Kier alpha value is -0.610. The molecule has 4 heteroatoms. The van der Waals surface area contributed by atoms with Crippen LogP contribution in [0, 0.1) is 11.3 Å². The summed E-state index contributed by atoms with van der Waals surface area (Å²) in [6.07, 6.45) is 6.13. The molecule has 2 aliphatic rings. The molecule has 4 nitrogen and oxygen atoms in total. The van der Waals surface area contributed by atoms with Crippen molar-refractivity contribution in [2.24, 2.45) is 11.3 Å². The molecule has 0 saturated carbocycles. The van der Waals surface area contributed by atoms with Crippen LogP contribution < -0.4 is 5.32 Å². The quantitative estimate of drug-likeness (QED) is 0.810. The van der Waals surface area contributed by atoms with Crippen LogP contribution in [0.5, 0.6) is 0 Å². The predicted molar refractivity (Wildman–Crippen MR) is 75.8 cm³/mol. The number of aliphatic hydroxyl groups is 1. The monoisotopic (exact) mass is 268 g/mol. The summed E-state index contributed by atoms with van der Waals surface area (Å²) in [5.41, 5.74) is -0.154. The molecule has 2 N–H and O–H groups in total. The van der Waals surface area contributed by atoms with Crippen molar-refractivity contribution in [2.75, 3.05) is 32.8 Å². The minimum Gasteiger partial charge on any atom is -0.396 e. The zero-order chi connectivity index (χ0) is 13.7. The van der Waals surface area contributed by atoms with Crippen LogP contribution in [0.25, 0.3) is 0 Å². The lowest BCUT2D eigenvalue weighted by atomic mass is 9.75. The van der Waals surface area contributed by atoms with Crippen LogP contribution in [-0.4, -0.2) is 48.7 Å². The second-order valence-corrected chi connectivity index (χ2v) is 6.23. The molecule has 0 spiro atoms. The summed E-state index contributed by atoms with van der Waals surface area (Å²) in [4.78, 5) is 14.9. The standard InChI is InChI=1S/C15H28N2O2/c1-2-6-15(7-3-8-16-12-15)14(19)17-9-4-13(11-18)5-10-17/h13,16,18H,2-12H2,1H3. The van der Waals surface area contributed by atoms with Gasteiger partial charge in [-0.15, -0.1) is 0 Å². The second kappa shape index (κ2) is 6.71. The summed E-state index contributed by atoms with van der Waals surface area (Å²) in [7, 11) is 0. The molecule has 2 heterocycles. The van der Waals surface area contributed by atoms with E-state index in [1.54, 1.807) is 0 Å². The van der Waals surface area contributed by atoms with Crippen LogP contribution in [0.2, 0.25) is 0 Å². The Morgan fingerprint density at radius 2 is 2.16 bits per heavy atom. The van der Waals surface area contributed by atoms with Gasteiger partial charge in [0.15, 0.2) is 0 Å². The molecule has 2 fully saturated rings. The Kier molecular flexibility index (Phi) is 5.22. The van der Waals surface area contributed by atoms with Crippen molar-refractivity contribution >= 4 is 5.91 Å². The van der Waals surface area contributed by atoms with E-state index in [0.29, 0.717) is 11.8 Å². The van der Waals surface area contributed by atoms with Gasteiger partial charge in [0.25, 0.3) is 0 Å². The number of nitrogens with zero attached hydrogens (tertiary/aromatic N) is 1. The highest BCUT2D eigenvalue weighted by Gasteiger charge is 2.41. The molecule has 110 valence electrons. The lowest BCUT2D eigenvalue weighted by Crippen LogP contribution is -2.53. The van der Waals surface area contributed by atoms with E-state index in [4.69, 9.17) is 0 Å². The number of amides is 1. The summed E-state index contributed by atoms with van der Waals surface area (Å²) in [5, 5.41) is 12.6. The van der Waals surface area contributed by atoms with Crippen molar-refractivity contribution in [2.45, 2.75) is 45.4 Å². The Morgan fingerprint density at radius 3 is 2.68 bits per heavy atom. The van der Waals surface area contributed by atoms with E-state index in [0.717, 1.165) is 64.7 Å². The van der Waals surface area contributed by atoms with Crippen molar-refractivity contribution in [3.05, 3.63) is 0 Å². The molecule has 19 heavy (non-hydrogen) atoms. The van der Waals surface area contributed by atoms with Crippen LogP contribution in [0.1, 0.15) is 45.4 Å². The number of likely N-dealkylation sites (tertiary alicyclic amines) is 1. The Morgan fingerprint density at radius 1 is 1.42 bits per heavy atom. The number of rotatable bonds is 4. The SMILES string of the molecule is CCCC1(C(=O)N2CCC(CO)CC2)CCCNC1. The maximum Gasteiger partial charge on any atom is 0.230 e. The van der Waals surface area contributed by atoms with Gasteiger partial charge in [0.05, 0.1) is 5.41 Å². The molecule has 2 aliphatic heterocycles. The van der Waals surface area contributed by atoms with Gasteiger partial charge < -0.3 is 15.3 Å². The third-order valence-electron chi connectivity index (χ3n) is 4.81. The predicted octanol–water partition coefficient (Wildman–Crippen LogP) is 1.39. The number of carbonyl (C=O) groups excluding carboxylic acids is 1. The highest BCUT2D eigenvalue weighted by atomic mass is 16.3. The van der Waals surface area contributed by atoms with E-state index in [2.05, 4.69) is 17.1 Å². The van der Waals surface area contributed by atoms with Crippen LogP contribution >= 0.6 is 0 Å². The first-order chi connectivity index (χ1) is 9.22. The molecule has 0 aromatic rings. The molecule has 0 aromatic carbocycles. The first-order valence-electron chi connectivity index (χ1n) is 7.83. The van der Waals surface area contributed by atoms with Crippen molar-refractivity contribution in [3.63, 3.8) is 0 Å². The summed E-state index contributed by atoms with van der Waals surface area (Å²) in [5.74, 6) is 0.758. The first-order valence-corrected chi connectivity index (χ1v) is 7.83. The molecule has 0 bridgehead atoms. The maximum atomic E-state index is 12.9. The average Bonchev–Trinajstić information content (AvgIpc) is 2.48. The highest BCUT2D eigenvalue weighted by Crippen LogP contribution is 2.35. The van der Waals surface area contributed by atoms with Crippen LogP contribution in [0.4, 0.5) is 0 Å². The summed E-state index contributed by atoms with van der Waals surface area (Å²) in [6, 6.07) is 0. The zero-order valence-corrected chi connectivity index (χ0v) is 12.2. The van der Waals surface area contributed by atoms with E-state index >= 15 is 0 Å². The van der Waals surface area contributed by atoms with Gasteiger partial charge in [0.2, 0.25) is 5.91 Å². The number of carbonyl (C=O) groups is 1. The van der Waals surface area contributed by atoms with E-state index in [-0.39, 0.29) is 12.0 Å². The van der Waals surface area contributed by atoms with Gasteiger partial charge >= 0.3 is 0 Å². The maximum absolute atomic E-state index is 12.9. The number of piperidine rings is 2. The summed E-state index contributed by atoms with van der Waals surface area (Å²) >= 11 is 0. The van der Waals surface area contributed by atoms with Gasteiger partial charge in [-0.05, 0) is 44.6 Å². The minimum atomic E-state index is -0.154. The third kappa shape index (κ3) is 3.29. The molecule has 2 saturated heterocycles. The smallest absolute Gasteiger partial charge is 0.230 e. The summed E-state index contributed by atoms with van der Waals surface area (Å²) < 4.78 is 0. The minimum absolute atomic E-state index is 0.154. The topological polar surface area (TPSA) is 52.6 Å². The number of aliphatic hydroxyl groups excluding tert-OH is 1. The fourth-order valence-corrected chi connectivity index (χ4v) is 3.60. The van der Waals surface area contributed by atoms with Gasteiger partial charge in [0.1, 0.15) is 0 Å². The molecule has 0 aliphatic carbocycles. The lowest BCUT2D eigenvalue weighted by molar-refractivity contribution is -0.145. The molecule has 2 rings (SSSR count). The van der Waals surface area contributed by atoms with Crippen LogP contribution in [0.15, 0.2) is 0 Å². The molecular formula is C15H28N2O2. The zero-order valence-electron chi connectivity index (χ0n) is 12.2. The van der Waals surface area contributed by atoms with E-state index in [1.807, 2.05) is 0 Å². The second-order valence-electron chi connectivity index (χ2n) is 6.23. The van der Waals surface area contributed by atoms with Gasteiger partial charge in [-0.25, -0.2) is 0 Å². The third-order valence-corrected chi connectivity index (χ3v) is 4.81. The fraction of sp³-hybridized carbons (Fsp3) is 0.933. The van der Waals surface area contributed by atoms with Crippen LogP contribution in [-0.2, 0) is 4.79 Å². The van der Waals surface area contributed by atoms with Crippen molar-refractivity contribution < 1.29 is 9.90 Å². The van der Waals surface area contributed by atoms with Crippen LogP contribution in [0.3, 0.4) is 0 Å². The Balaban J connectivity index is 1.99. The Labute approximate surface area is 116 Å². The van der Waals surface area contributed by atoms with E-state index < -0.39 is 0 Å². The largest absolute Gasteiger partial charge is 0.396 e. The fourth-order valence-electron chi connectivity index (χ4n) is 3.60. The average molecular weight is 268 g/mol. The summed E-state index contributed by atoms with van der Waals surface area (Å²) in [6.45, 7) is 5.99. The lowest BCUT2D eigenvalue weighted by Gasteiger charge is -2.42. The first kappa shape index (κ1) is 14.8. The molecule has 0 aromatic heterocycles. The van der Waals surface area contributed by atoms with E-state index in [1.165, 1.54) is 0 Å². The van der Waals surface area contributed by atoms with Gasteiger partial charge in [-0.1, -0.05) is 13.3 Å². The highest BCUT2D eigenvalue weighted by molar-refractivity contribution is 5.83. The molecule has 1 atom stereocenters.